The molecular weight excluding hydrogens is 342 g/mol. The minimum Gasteiger partial charge on any atom is -0.444 e. The van der Waals surface area contributed by atoms with Crippen molar-refractivity contribution >= 4 is 23.3 Å². The molecule has 0 aliphatic carbocycles. The Kier molecular flexibility index (Phi) is 6.34. The average Bonchev–Trinajstić information content (AvgIpc) is 2.58. The van der Waals surface area contributed by atoms with Crippen LogP contribution in [-0.2, 0) is 4.74 Å². The number of Topliss-reactive ketones (excluding diaryl/α,β-unsaturated/α-hetero) is 1. The first-order valence-electron chi connectivity index (χ1n) is 8.60. The van der Waals surface area contributed by atoms with E-state index in [9.17, 15) is 9.59 Å². The third-order valence-corrected chi connectivity index (χ3v) is 3.37. The van der Waals surface area contributed by atoms with Crippen LogP contribution in [0.4, 0.5) is 10.6 Å². The van der Waals surface area contributed by atoms with Crippen LogP contribution < -0.4 is 5.32 Å². The number of carbonyl (C=O) groups is 2. The number of ether oxygens (including phenoxy) is 1. The van der Waals surface area contributed by atoms with Crippen LogP contribution in [-0.4, -0.2) is 41.5 Å². The number of amides is 1. The third-order valence-electron chi connectivity index (χ3n) is 3.37. The van der Waals surface area contributed by atoms with Crippen molar-refractivity contribution in [2.45, 2.75) is 26.4 Å². The zero-order chi connectivity index (χ0) is 20.0. The van der Waals surface area contributed by atoms with Crippen LogP contribution >= 0.6 is 0 Å². The highest BCUT2D eigenvalue weighted by Gasteiger charge is 2.18. The lowest BCUT2D eigenvalue weighted by molar-refractivity contribution is 0.0635. The second kappa shape index (κ2) is 8.49. The van der Waals surface area contributed by atoms with E-state index in [0.29, 0.717) is 22.5 Å². The predicted molar refractivity (Wildman–Crippen MR) is 107 cm³/mol. The lowest BCUT2D eigenvalue weighted by Crippen LogP contribution is -2.27. The van der Waals surface area contributed by atoms with Gasteiger partial charge < -0.3 is 9.64 Å². The van der Waals surface area contributed by atoms with Gasteiger partial charge in [0.05, 0.1) is 0 Å². The Morgan fingerprint density at radius 3 is 2.33 bits per heavy atom. The molecule has 0 saturated heterocycles. The highest BCUT2D eigenvalue weighted by Crippen LogP contribution is 2.22. The molecular formula is C21H25N3O3. The molecule has 6 nitrogen and oxygen atoms in total. The molecule has 0 unspecified atom stereocenters. The van der Waals surface area contributed by atoms with E-state index in [1.807, 2.05) is 32.3 Å². The Labute approximate surface area is 159 Å². The van der Waals surface area contributed by atoms with Gasteiger partial charge in [-0.2, -0.15) is 0 Å². The van der Waals surface area contributed by atoms with Gasteiger partial charge in [-0.1, -0.05) is 30.3 Å². The zero-order valence-corrected chi connectivity index (χ0v) is 16.3. The molecule has 2 aromatic rings. The summed E-state index contributed by atoms with van der Waals surface area (Å²) in [5, 5.41) is 2.60. The van der Waals surface area contributed by atoms with E-state index in [4.69, 9.17) is 4.74 Å². The number of pyridine rings is 1. The van der Waals surface area contributed by atoms with Crippen molar-refractivity contribution in [1.82, 2.24) is 9.88 Å². The standard InChI is InChI=1S/C21H25N3O3/c1-21(2,3)27-20(26)23-18-13-16(11-12-22-18)17(14-24(4)5)19(25)15-9-7-6-8-10-15/h6-14H,1-5H3,(H,22,23,26). The number of aromatic nitrogens is 1. The number of nitrogens with zero attached hydrogens (tertiary/aromatic N) is 2. The molecule has 27 heavy (non-hydrogen) atoms. The minimum absolute atomic E-state index is 0.112. The molecule has 0 atom stereocenters. The highest BCUT2D eigenvalue weighted by atomic mass is 16.6. The maximum absolute atomic E-state index is 13.0. The van der Waals surface area contributed by atoms with E-state index < -0.39 is 11.7 Å². The summed E-state index contributed by atoms with van der Waals surface area (Å²) in [6.45, 7) is 5.35. The number of hydrogen-bond donors (Lipinski definition) is 1. The van der Waals surface area contributed by atoms with Crippen LogP contribution in [0.15, 0.2) is 54.9 Å². The molecule has 1 aromatic carbocycles. The molecule has 0 aliphatic heterocycles. The molecule has 0 radical (unpaired) electrons. The molecule has 2 rings (SSSR count). The lowest BCUT2D eigenvalue weighted by atomic mass is 9.98. The number of benzene rings is 1. The number of anilines is 1. The number of allylic oxidation sites excluding steroid dienone is 1. The van der Waals surface area contributed by atoms with Crippen molar-refractivity contribution in [2.75, 3.05) is 19.4 Å². The van der Waals surface area contributed by atoms with Crippen LogP contribution in [0.1, 0.15) is 36.7 Å². The number of hydrogen-bond acceptors (Lipinski definition) is 5. The normalized spacial score (nSPS) is 11.7. The number of ketones is 1. The van der Waals surface area contributed by atoms with Gasteiger partial charge in [-0.15, -0.1) is 0 Å². The molecule has 1 N–H and O–H groups in total. The quantitative estimate of drug-likeness (QED) is 0.633. The Morgan fingerprint density at radius 2 is 1.74 bits per heavy atom. The van der Waals surface area contributed by atoms with E-state index in [0.717, 1.165) is 0 Å². The van der Waals surface area contributed by atoms with E-state index >= 15 is 0 Å². The summed E-state index contributed by atoms with van der Waals surface area (Å²) in [5.74, 6) is 0.200. The number of rotatable bonds is 5. The first-order chi connectivity index (χ1) is 12.7. The smallest absolute Gasteiger partial charge is 0.413 e. The second-order valence-corrected chi connectivity index (χ2v) is 7.26. The van der Waals surface area contributed by atoms with Crippen molar-refractivity contribution in [3.63, 3.8) is 0 Å². The minimum atomic E-state index is -0.610. The van der Waals surface area contributed by atoms with Crippen molar-refractivity contribution < 1.29 is 14.3 Å². The highest BCUT2D eigenvalue weighted by molar-refractivity contribution is 6.28. The first-order valence-corrected chi connectivity index (χ1v) is 8.60. The molecule has 0 fully saturated rings. The van der Waals surface area contributed by atoms with Gasteiger partial charge in [-0.3, -0.25) is 10.1 Å². The summed E-state index contributed by atoms with van der Waals surface area (Å²) < 4.78 is 5.24. The van der Waals surface area contributed by atoms with Gasteiger partial charge in [0, 0.05) is 37.6 Å². The summed E-state index contributed by atoms with van der Waals surface area (Å²) in [5.41, 5.74) is 1.13. The fourth-order valence-corrected chi connectivity index (χ4v) is 2.34. The van der Waals surface area contributed by atoms with Crippen LogP contribution in [0.2, 0.25) is 0 Å². The van der Waals surface area contributed by atoms with E-state index in [1.165, 1.54) is 0 Å². The largest absolute Gasteiger partial charge is 0.444 e. The van der Waals surface area contributed by atoms with Gasteiger partial charge in [0.15, 0.2) is 5.78 Å². The molecule has 0 bridgehead atoms. The van der Waals surface area contributed by atoms with Crippen LogP contribution in [0.3, 0.4) is 0 Å². The maximum Gasteiger partial charge on any atom is 0.413 e. The molecule has 0 spiro atoms. The number of nitrogens with one attached hydrogen (secondary N) is 1. The monoisotopic (exact) mass is 367 g/mol. The topological polar surface area (TPSA) is 71.5 Å². The predicted octanol–water partition coefficient (Wildman–Crippen LogP) is 4.21. The molecule has 1 aromatic heterocycles. The Hall–Kier alpha value is -3.15. The molecule has 1 amide bonds. The summed E-state index contributed by atoms with van der Waals surface area (Å²) >= 11 is 0. The Balaban J connectivity index is 2.32. The number of carbonyl (C=O) groups excluding carboxylic acids is 2. The van der Waals surface area contributed by atoms with Gasteiger partial charge in [0.1, 0.15) is 11.4 Å². The summed E-state index contributed by atoms with van der Waals surface area (Å²) in [6, 6.07) is 12.4. The van der Waals surface area contributed by atoms with Crippen LogP contribution in [0, 0.1) is 0 Å². The third kappa shape index (κ3) is 6.26. The lowest BCUT2D eigenvalue weighted by Gasteiger charge is -2.19. The van der Waals surface area contributed by atoms with Crippen molar-refractivity contribution in [1.29, 1.82) is 0 Å². The van der Waals surface area contributed by atoms with Gasteiger partial charge in [0.25, 0.3) is 0 Å². The van der Waals surface area contributed by atoms with Crippen LogP contribution in [0.25, 0.3) is 5.57 Å². The second-order valence-electron chi connectivity index (χ2n) is 7.26. The average molecular weight is 367 g/mol. The summed E-state index contributed by atoms with van der Waals surface area (Å²) in [4.78, 5) is 30.9. The molecule has 6 heteroatoms. The van der Waals surface area contributed by atoms with Gasteiger partial charge >= 0.3 is 6.09 Å². The molecule has 1 heterocycles. The SMILES string of the molecule is CN(C)C=C(C(=O)c1ccccc1)c1ccnc(NC(=O)OC(C)(C)C)c1. The van der Waals surface area contributed by atoms with E-state index in [-0.39, 0.29) is 5.78 Å². The van der Waals surface area contributed by atoms with E-state index in [2.05, 4.69) is 10.3 Å². The van der Waals surface area contributed by atoms with Gasteiger partial charge in [0.2, 0.25) is 0 Å². The molecule has 142 valence electrons. The molecule has 0 aliphatic rings. The first kappa shape index (κ1) is 20.2. The Morgan fingerprint density at radius 1 is 1.07 bits per heavy atom. The molecule has 0 saturated carbocycles. The van der Waals surface area contributed by atoms with Crippen LogP contribution in [0.5, 0.6) is 0 Å². The van der Waals surface area contributed by atoms with Crippen molar-refractivity contribution in [3.05, 3.63) is 66.0 Å². The summed E-state index contributed by atoms with van der Waals surface area (Å²) in [6.07, 6.45) is 2.70. The van der Waals surface area contributed by atoms with Crippen molar-refractivity contribution in [3.8, 4) is 0 Å². The van der Waals surface area contributed by atoms with Gasteiger partial charge in [-0.25, -0.2) is 9.78 Å². The fourth-order valence-electron chi connectivity index (χ4n) is 2.34. The Bertz CT molecular complexity index is 837. The maximum atomic E-state index is 13.0. The zero-order valence-electron chi connectivity index (χ0n) is 16.3. The summed E-state index contributed by atoms with van der Waals surface area (Å²) in [7, 11) is 3.69. The van der Waals surface area contributed by atoms with E-state index in [1.54, 1.807) is 62.3 Å². The fraction of sp³-hybridized carbons (Fsp3) is 0.286. The van der Waals surface area contributed by atoms with Crippen molar-refractivity contribution in [2.24, 2.45) is 0 Å². The van der Waals surface area contributed by atoms with Gasteiger partial charge in [-0.05, 0) is 38.5 Å².